The summed E-state index contributed by atoms with van der Waals surface area (Å²) in [6, 6.07) is 5.59. The predicted octanol–water partition coefficient (Wildman–Crippen LogP) is 4.27. The molecule has 2 rings (SSSR count). The van der Waals surface area contributed by atoms with Crippen molar-refractivity contribution in [3.63, 3.8) is 0 Å². The first-order valence-corrected chi connectivity index (χ1v) is 7.14. The van der Waals surface area contributed by atoms with Crippen molar-refractivity contribution >= 4 is 17.3 Å². The zero-order valence-corrected chi connectivity index (χ0v) is 11.7. The Morgan fingerprint density at radius 2 is 2.22 bits per heavy atom. The van der Waals surface area contributed by atoms with Gasteiger partial charge in [-0.3, -0.25) is 0 Å². The number of benzene rings is 1. The molecule has 1 aliphatic rings. The number of rotatable bonds is 4. The summed E-state index contributed by atoms with van der Waals surface area (Å²) in [4.78, 5) is 0. The van der Waals surface area contributed by atoms with Crippen molar-refractivity contribution < 1.29 is 4.74 Å². The molecular weight excluding hydrogens is 246 g/mol. The Bertz CT molecular complexity index is 394. The number of halogens is 1. The van der Waals surface area contributed by atoms with Gasteiger partial charge < -0.3 is 10.5 Å². The van der Waals surface area contributed by atoms with E-state index in [0.717, 1.165) is 24.0 Å². The predicted molar refractivity (Wildman–Crippen MR) is 76.6 cm³/mol. The fourth-order valence-electron chi connectivity index (χ4n) is 2.73. The van der Waals surface area contributed by atoms with Crippen molar-refractivity contribution in [1.82, 2.24) is 0 Å². The Labute approximate surface area is 114 Å². The second-order valence-corrected chi connectivity index (χ2v) is 5.91. The van der Waals surface area contributed by atoms with Crippen LogP contribution in [0, 0.1) is 11.8 Å². The smallest absolute Gasteiger partial charge is 0.0731 e. The number of hydrogen-bond donors (Lipinski definition) is 1. The first-order valence-electron chi connectivity index (χ1n) is 6.77. The summed E-state index contributed by atoms with van der Waals surface area (Å²) in [6.07, 6.45) is 5.33. The third-order valence-corrected chi connectivity index (χ3v) is 4.09. The van der Waals surface area contributed by atoms with Gasteiger partial charge in [-0.05, 0) is 42.4 Å². The molecule has 0 bridgehead atoms. The number of nitrogen functional groups attached to an aromatic ring is 1. The van der Waals surface area contributed by atoms with Crippen molar-refractivity contribution in [2.75, 3.05) is 12.3 Å². The third-order valence-electron chi connectivity index (χ3n) is 3.73. The first-order chi connectivity index (χ1) is 8.65. The molecule has 0 spiro atoms. The summed E-state index contributed by atoms with van der Waals surface area (Å²) in [6.45, 7) is 3.78. The van der Waals surface area contributed by atoms with E-state index in [0.29, 0.717) is 17.3 Å². The van der Waals surface area contributed by atoms with Gasteiger partial charge in [-0.2, -0.15) is 0 Å². The normalized spacial score (nSPS) is 24.1. The minimum Gasteiger partial charge on any atom is -0.399 e. The topological polar surface area (TPSA) is 35.2 Å². The van der Waals surface area contributed by atoms with Crippen molar-refractivity contribution in [2.24, 2.45) is 11.8 Å². The van der Waals surface area contributed by atoms with Gasteiger partial charge in [0.15, 0.2) is 0 Å². The van der Waals surface area contributed by atoms with E-state index < -0.39 is 0 Å². The lowest BCUT2D eigenvalue weighted by molar-refractivity contribution is 0.0658. The molecule has 0 aromatic heterocycles. The second-order valence-electron chi connectivity index (χ2n) is 5.50. The molecule has 1 saturated carbocycles. The molecule has 2 atom stereocenters. The van der Waals surface area contributed by atoms with Crippen LogP contribution in [0.1, 0.15) is 38.2 Å². The molecule has 0 aliphatic heterocycles. The molecule has 2 unspecified atom stereocenters. The summed E-state index contributed by atoms with van der Waals surface area (Å²) in [5, 5.41) is 0.701. The van der Waals surface area contributed by atoms with E-state index in [2.05, 4.69) is 6.92 Å². The van der Waals surface area contributed by atoms with Crippen molar-refractivity contribution in [1.29, 1.82) is 0 Å². The van der Waals surface area contributed by atoms with E-state index in [1.807, 2.05) is 12.1 Å². The van der Waals surface area contributed by atoms with E-state index in [1.54, 1.807) is 6.07 Å². The van der Waals surface area contributed by atoms with Crippen LogP contribution in [0.3, 0.4) is 0 Å². The Kier molecular flexibility index (Phi) is 4.90. The maximum atomic E-state index is 6.11. The molecule has 1 aromatic carbocycles. The van der Waals surface area contributed by atoms with Gasteiger partial charge in [-0.25, -0.2) is 0 Å². The van der Waals surface area contributed by atoms with Gasteiger partial charge in [0.2, 0.25) is 0 Å². The number of ether oxygens (including phenoxy) is 1. The van der Waals surface area contributed by atoms with Crippen molar-refractivity contribution in [2.45, 2.75) is 39.2 Å². The monoisotopic (exact) mass is 267 g/mol. The minimum atomic E-state index is 0.587. The third kappa shape index (κ3) is 3.89. The lowest BCUT2D eigenvalue weighted by Gasteiger charge is -2.26. The molecule has 0 radical (unpaired) electrons. The highest BCUT2D eigenvalue weighted by molar-refractivity contribution is 6.31. The van der Waals surface area contributed by atoms with Gasteiger partial charge in [0.1, 0.15) is 0 Å². The standard InChI is InChI=1S/C15H22ClNO/c1-11-3-2-4-12(7-11)9-18-10-13-5-6-14(17)8-15(13)16/h5-6,8,11-12H,2-4,7,9-10,17H2,1H3. The molecular formula is C15H22ClNO. The zero-order valence-electron chi connectivity index (χ0n) is 11.0. The van der Waals surface area contributed by atoms with E-state index in [-0.39, 0.29) is 0 Å². The van der Waals surface area contributed by atoms with Crippen LogP contribution in [-0.4, -0.2) is 6.61 Å². The highest BCUT2D eigenvalue weighted by Gasteiger charge is 2.18. The molecule has 0 amide bonds. The first kappa shape index (κ1) is 13.7. The maximum absolute atomic E-state index is 6.11. The molecule has 1 aromatic rings. The number of hydrogen-bond acceptors (Lipinski definition) is 2. The highest BCUT2D eigenvalue weighted by Crippen LogP contribution is 2.29. The van der Waals surface area contributed by atoms with E-state index in [9.17, 15) is 0 Å². The SMILES string of the molecule is CC1CCCC(COCc2ccc(N)cc2Cl)C1. The molecule has 1 aliphatic carbocycles. The fraction of sp³-hybridized carbons (Fsp3) is 0.600. The van der Waals surface area contributed by atoms with Gasteiger partial charge in [0.05, 0.1) is 6.61 Å². The Morgan fingerprint density at radius 3 is 2.94 bits per heavy atom. The molecule has 1 fully saturated rings. The summed E-state index contributed by atoms with van der Waals surface area (Å²) in [7, 11) is 0. The van der Waals surface area contributed by atoms with Crippen LogP contribution in [0.25, 0.3) is 0 Å². The van der Waals surface area contributed by atoms with Crippen molar-refractivity contribution in [3.05, 3.63) is 28.8 Å². The fourth-order valence-corrected chi connectivity index (χ4v) is 2.97. The summed E-state index contributed by atoms with van der Waals surface area (Å²) in [5.74, 6) is 1.58. The quantitative estimate of drug-likeness (QED) is 0.827. The molecule has 3 heteroatoms. The van der Waals surface area contributed by atoms with Gasteiger partial charge in [0.25, 0.3) is 0 Å². The average molecular weight is 268 g/mol. The van der Waals surface area contributed by atoms with Crippen LogP contribution in [0.4, 0.5) is 5.69 Å². The summed E-state index contributed by atoms with van der Waals surface area (Å²) >= 11 is 6.11. The maximum Gasteiger partial charge on any atom is 0.0731 e. The van der Waals surface area contributed by atoms with Gasteiger partial charge in [-0.15, -0.1) is 0 Å². The van der Waals surface area contributed by atoms with Crippen LogP contribution in [0.2, 0.25) is 5.02 Å². The van der Waals surface area contributed by atoms with E-state index in [1.165, 1.54) is 25.7 Å². The molecule has 0 heterocycles. The molecule has 100 valence electrons. The van der Waals surface area contributed by atoms with Crippen LogP contribution in [0.15, 0.2) is 18.2 Å². The Hall–Kier alpha value is -0.730. The largest absolute Gasteiger partial charge is 0.399 e. The van der Waals surface area contributed by atoms with Gasteiger partial charge in [0, 0.05) is 17.3 Å². The van der Waals surface area contributed by atoms with Gasteiger partial charge in [-0.1, -0.05) is 37.4 Å². The van der Waals surface area contributed by atoms with Gasteiger partial charge >= 0.3 is 0 Å². The molecule has 0 saturated heterocycles. The Morgan fingerprint density at radius 1 is 1.39 bits per heavy atom. The van der Waals surface area contributed by atoms with E-state index in [4.69, 9.17) is 22.1 Å². The van der Waals surface area contributed by atoms with E-state index >= 15 is 0 Å². The van der Waals surface area contributed by atoms with Crippen LogP contribution < -0.4 is 5.73 Å². The lowest BCUT2D eigenvalue weighted by atomic mass is 9.83. The number of anilines is 1. The lowest BCUT2D eigenvalue weighted by Crippen LogP contribution is -2.18. The second kappa shape index (κ2) is 6.44. The molecule has 18 heavy (non-hydrogen) atoms. The summed E-state index contributed by atoms with van der Waals surface area (Å²) < 4.78 is 5.80. The minimum absolute atomic E-state index is 0.587. The van der Waals surface area contributed by atoms with Crippen LogP contribution >= 0.6 is 11.6 Å². The molecule has 2 N–H and O–H groups in total. The van der Waals surface area contributed by atoms with Crippen LogP contribution in [0.5, 0.6) is 0 Å². The Balaban J connectivity index is 1.77. The molecule has 2 nitrogen and oxygen atoms in total. The zero-order chi connectivity index (χ0) is 13.0. The highest BCUT2D eigenvalue weighted by atomic mass is 35.5. The van der Waals surface area contributed by atoms with Crippen LogP contribution in [-0.2, 0) is 11.3 Å². The number of nitrogens with two attached hydrogens (primary N) is 1. The average Bonchev–Trinajstić information content (AvgIpc) is 2.32. The summed E-state index contributed by atoms with van der Waals surface area (Å²) in [5.41, 5.74) is 7.38. The van der Waals surface area contributed by atoms with Crippen molar-refractivity contribution in [3.8, 4) is 0 Å².